The zero-order chi connectivity index (χ0) is 24.6. The Bertz CT molecular complexity index is 1500. The van der Waals surface area contributed by atoms with Gasteiger partial charge in [0.2, 0.25) is 0 Å². The lowest BCUT2D eigenvalue weighted by molar-refractivity contribution is -0.128. The van der Waals surface area contributed by atoms with Crippen molar-refractivity contribution in [3.63, 3.8) is 0 Å². The molecule has 0 radical (unpaired) electrons. The molecular weight excluding hydrogens is 454 g/mol. The summed E-state index contributed by atoms with van der Waals surface area (Å²) >= 11 is 0. The molecule has 176 valence electrons. The lowest BCUT2D eigenvalue weighted by Crippen LogP contribution is -2.61. The maximum atomic E-state index is 13.3. The van der Waals surface area contributed by atoms with Crippen molar-refractivity contribution in [1.29, 1.82) is 0 Å². The Morgan fingerprint density at radius 1 is 0.833 bits per heavy atom. The lowest BCUT2D eigenvalue weighted by Gasteiger charge is -2.45. The molecule has 1 saturated heterocycles. The Labute approximate surface area is 207 Å². The highest BCUT2D eigenvalue weighted by Crippen LogP contribution is 2.37. The summed E-state index contributed by atoms with van der Waals surface area (Å²) in [6.07, 6.45) is 5.66. The first-order chi connectivity index (χ1) is 17.6. The highest BCUT2D eigenvalue weighted by molar-refractivity contribution is 6.52. The Morgan fingerprint density at radius 2 is 1.53 bits per heavy atom. The van der Waals surface area contributed by atoms with Crippen molar-refractivity contribution in [2.45, 2.75) is 18.6 Å². The molecule has 2 aliphatic heterocycles. The average molecular weight is 476 g/mol. The van der Waals surface area contributed by atoms with Gasteiger partial charge in [-0.3, -0.25) is 19.3 Å². The van der Waals surface area contributed by atoms with Crippen LogP contribution in [-0.4, -0.2) is 38.6 Å². The van der Waals surface area contributed by atoms with Crippen LogP contribution in [0.4, 0.5) is 11.4 Å². The second-order valence-corrected chi connectivity index (χ2v) is 8.68. The van der Waals surface area contributed by atoms with Crippen molar-refractivity contribution in [1.82, 2.24) is 15.0 Å². The van der Waals surface area contributed by atoms with Gasteiger partial charge in [0.1, 0.15) is 5.69 Å². The van der Waals surface area contributed by atoms with Gasteiger partial charge < -0.3 is 4.90 Å². The van der Waals surface area contributed by atoms with Gasteiger partial charge in [-0.25, -0.2) is 4.68 Å². The number of rotatable bonds is 6. The maximum Gasteiger partial charge on any atom is 0.299 e. The third-order valence-corrected chi connectivity index (χ3v) is 6.47. The molecule has 1 fully saturated rings. The van der Waals surface area contributed by atoms with Crippen LogP contribution in [0.1, 0.15) is 27.7 Å². The van der Waals surface area contributed by atoms with Crippen molar-refractivity contribution >= 4 is 35.0 Å². The van der Waals surface area contributed by atoms with E-state index in [0.717, 1.165) is 11.3 Å². The van der Waals surface area contributed by atoms with Gasteiger partial charge in [-0.1, -0.05) is 78.0 Å². The second kappa shape index (κ2) is 8.74. The molecule has 0 spiro atoms. The van der Waals surface area contributed by atoms with E-state index >= 15 is 0 Å². The fourth-order valence-electron chi connectivity index (χ4n) is 4.71. The normalized spacial score (nSPS) is 19.2. The number of hydrogen-bond acceptors (Lipinski definition) is 5. The first-order valence-corrected chi connectivity index (χ1v) is 11.6. The number of para-hydroxylation sites is 2. The van der Waals surface area contributed by atoms with Crippen LogP contribution in [0, 0.1) is 0 Å². The van der Waals surface area contributed by atoms with Gasteiger partial charge >= 0.3 is 0 Å². The number of aromatic nitrogens is 3. The molecule has 0 saturated carbocycles. The molecule has 2 aliphatic rings. The van der Waals surface area contributed by atoms with E-state index in [2.05, 4.69) is 10.3 Å². The number of hydrogen-bond donors (Lipinski definition) is 0. The fraction of sp³-hybridized carbons (Fsp3) is 0.107. The van der Waals surface area contributed by atoms with E-state index in [0.29, 0.717) is 16.9 Å². The summed E-state index contributed by atoms with van der Waals surface area (Å²) in [4.78, 5) is 41.3. The molecule has 36 heavy (non-hydrogen) atoms. The van der Waals surface area contributed by atoms with Crippen molar-refractivity contribution in [3.8, 4) is 0 Å². The number of ketones is 1. The molecule has 3 heterocycles. The van der Waals surface area contributed by atoms with Crippen LogP contribution in [0.25, 0.3) is 6.08 Å². The first-order valence-electron chi connectivity index (χ1n) is 11.6. The van der Waals surface area contributed by atoms with Crippen molar-refractivity contribution in [3.05, 3.63) is 114 Å². The van der Waals surface area contributed by atoms with Gasteiger partial charge in [0.15, 0.2) is 6.04 Å². The molecule has 2 atom stereocenters. The summed E-state index contributed by atoms with van der Waals surface area (Å²) in [6.45, 7) is 0.0927. The molecule has 0 unspecified atom stereocenters. The number of anilines is 2. The summed E-state index contributed by atoms with van der Waals surface area (Å²) in [5.74, 6) is -1.22. The number of carbonyl (C=O) groups excluding carboxylic acids is 3. The Hall–Kier alpha value is -4.85. The number of amides is 2. The van der Waals surface area contributed by atoms with Gasteiger partial charge in [-0.05, 0) is 29.8 Å². The van der Waals surface area contributed by atoms with E-state index in [1.807, 2.05) is 72.8 Å². The number of fused-ring (bicyclic) bond motifs is 1. The van der Waals surface area contributed by atoms with Gasteiger partial charge in [0.25, 0.3) is 17.6 Å². The van der Waals surface area contributed by atoms with Gasteiger partial charge in [0.05, 0.1) is 30.0 Å². The van der Waals surface area contributed by atoms with Crippen molar-refractivity contribution in [2.75, 3.05) is 9.80 Å². The van der Waals surface area contributed by atoms with Gasteiger partial charge in [0, 0.05) is 5.69 Å². The standard InChI is InChI=1S/C28H21N5O3/c34-26-22-13-7-8-14-23(22)31(28(26)36)17-20-18-32(30-29-20)25-24(16-15-19-9-3-1-4-10-19)33(27(25)35)21-11-5-2-6-12-21/h1-16,18,24-25H,17H2/b16-15+/t24-,25+/m1/s1. The smallest absolute Gasteiger partial charge is 0.299 e. The highest BCUT2D eigenvalue weighted by Gasteiger charge is 2.48. The summed E-state index contributed by atoms with van der Waals surface area (Å²) in [6, 6.07) is 25.4. The molecule has 0 bridgehead atoms. The molecule has 2 amide bonds. The summed E-state index contributed by atoms with van der Waals surface area (Å²) < 4.78 is 1.55. The fourth-order valence-corrected chi connectivity index (χ4v) is 4.71. The van der Waals surface area contributed by atoms with Crippen molar-refractivity contribution in [2.24, 2.45) is 0 Å². The van der Waals surface area contributed by atoms with Crippen LogP contribution >= 0.6 is 0 Å². The summed E-state index contributed by atoms with van der Waals surface area (Å²) in [5.41, 5.74) is 3.26. The van der Waals surface area contributed by atoms with Crippen LogP contribution in [0.15, 0.2) is 97.2 Å². The first kappa shape index (κ1) is 21.7. The quantitative estimate of drug-likeness (QED) is 0.314. The molecule has 1 aromatic heterocycles. The third kappa shape index (κ3) is 3.60. The topological polar surface area (TPSA) is 88.4 Å². The van der Waals surface area contributed by atoms with E-state index < -0.39 is 17.7 Å². The molecular formula is C28H21N5O3. The lowest BCUT2D eigenvalue weighted by atomic mass is 9.92. The molecule has 4 aromatic rings. The van der Waals surface area contributed by atoms with Crippen LogP contribution in [-0.2, 0) is 16.1 Å². The Balaban J connectivity index is 1.28. The SMILES string of the molecule is O=C1C(=O)N(Cc2cn([C@@H]3C(=O)N(c4ccccc4)[C@@H]3/C=C/c3ccccc3)nn2)c2ccccc21. The van der Waals surface area contributed by atoms with E-state index in [-0.39, 0.29) is 18.5 Å². The largest absolute Gasteiger partial charge is 0.301 e. The monoisotopic (exact) mass is 475 g/mol. The molecule has 3 aromatic carbocycles. The number of Topliss-reactive ketones (excluding diaryl/α,β-unsaturated/α-hetero) is 1. The zero-order valence-corrected chi connectivity index (χ0v) is 19.1. The second-order valence-electron chi connectivity index (χ2n) is 8.68. The van der Waals surface area contributed by atoms with Gasteiger partial charge in [-0.15, -0.1) is 5.10 Å². The average Bonchev–Trinajstić information content (AvgIpc) is 3.46. The molecule has 0 N–H and O–H groups in total. The number of nitrogens with zero attached hydrogens (tertiary/aromatic N) is 5. The molecule has 0 aliphatic carbocycles. The summed E-state index contributed by atoms with van der Waals surface area (Å²) in [5, 5.41) is 8.44. The number of carbonyl (C=O) groups is 3. The minimum absolute atomic E-state index is 0.0927. The molecule has 8 nitrogen and oxygen atoms in total. The van der Waals surface area contributed by atoms with E-state index in [9.17, 15) is 14.4 Å². The molecule has 6 rings (SSSR count). The maximum absolute atomic E-state index is 13.3. The minimum atomic E-state index is -0.593. The number of benzene rings is 3. The van der Waals surface area contributed by atoms with Crippen LogP contribution in [0.3, 0.4) is 0 Å². The van der Waals surface area contributed by atoms with E-state index in [4.69, 9.17) is 0 Å². The van der Waals surface area contributed by atoms with Crippen LogP contribution < -0.4 is 9.80 Å². The predicted molar refractivity (Wildman–Crippen MR) is 134 cm³/mol. The van der Waals surface area contributed by atoms with Crippen LogP contribution in [0.5, 0.6) is 0 Å². The Morgan fingerprint density at radius 3 is 2.31 bits per heavy atom. The molecule has 8 heteroatoms. The van der Waals surface area contributed by atoms with E-state index in [1.165, 1.54) is 4.90 Å². The zero-order valence-electron chi connectivity index (χ0n) is 19.1. The summed E-state index contributed by atoms with van der Waals surface area (Å²) in [7, 11) is 0. The third-order valence-electron chi connectivity index (χ3n) is 6.47. The van der Waals surface area contributed by atoms with Crippen LogP contribution in [0.2, 0.25) is 0 Å². The number of β-lactam (4-membered cyclic amide) rings is 1. The Kier molecular flexibility index (Phi) is 5.26. The predicted octanol–water partition coefficient (Wildman–Crippen LogP) is 3.68. The minimum Gasteiger partial charge on any atom is -0.301 e. The van der Waals surface area contributed by atoms with Crippen molar-refractivity contribution < 1.29 is 14.4 Å². The van der Waals surface area contributed by atoms with E-state index in [1.54, 1.807) is 40.0 Å². The highest BCUT2D eigenvalue weighted by atomic mass is 16.2. The van der Waals surface area contributed by atoms with Gasteiger partial charge in [-0.2, -0.15) is 0 Å².